The van der Waals surface area contributed by atoms with Crippen molar-refractivity contribution in [3.63, 3.8) is 0 Å². The predicted molar refractivity (Wildman–Crippen MR) is 88.7 cm³/mol. The molecule has 0 atom stereocenters. The third-order valence-electron chi connectivity index (χ3n) is 4.04. The number of amides is 1. The van der Waals surface area contributed by atoms with E-state index < -0.39 is 5.97 Å². The van der Waals surface area contributed by atoms with Crippen LogP contribution in [0.4, 0.5) is 0 Å². The van der Waals surface area contributed by atoms with Crippen molar-refractivity contribution < 1.29 is 24.0 Å². The number of aromatic nitrogens is 2. The molecule has 1 fully saturated rings. The Kier molecular flexibility index (Phi) is 4.98. The van der Waals surface area contributed by atoms with E-state index in [0.29, 0.717) is 28.3 Å². The van der Waals surface area contributed by atoms with E-state index in [2.05, 4.69) is 15.5 Å². The number of fused-ring (bicyclic) bond motifs is 1. The molecule has 0 unspecified atom stereocenters. The highest BCUT2D eigenvalue weighted by atomic mass is 16.5. The fraction of sp³-hybridized carbons (Fsp3) is 0.529. The zero-order valence-electron chi connectivity index (χ0n) is 14.2. The molecule has 2 aromatic heterocycles. The maximum absolute atomic E-state index is 12.6. The Balaban J connectivity index is 1.81. The molecule has 1 saturated carbocycles. The SMILES string of the molecule is CC(C)c1noc2nc(C3CC3)cc(C(=O)NCCOCC(=O)O)c12. The van der Waals surface area contributed by atoms with E-state index >= 15 is 0 Å². The minimum atomic E-state index is -1.04. The van der Waals surface area contributed by atoms with Crippen molar-refractivity contribution in [3.8, 4) is 0 Å². The van der Waals surface area contributed by atoms with Crippen LogP contribution in [-0.2, 0) is 9.53 Å². The molecule has 2 aromatic rings. The summed E-state index contributed by atoms with van der Waals surface area (Å²) >= 11 is 0. The Labute approximate surface area is 144 Å². The third-order valence-corrected chi connectivity index (χ3v) is 4.04. The average molecular weight is 347 g/mol. The molecule has 134 valence electrons. The fourth-order valence-electron chi connectivity index (χ4n) is 2.65. The number of aliphatic carboxylic acids is 1. The molecule has 1 amide bonds. The summed E-state index contributed by atoms with van der Waals surface area (Å²) in [5, 5.41) is 16.0. The average Bonchev–Trinajstić information content (AvgIpc) is 3.32. The molecular weight excluding hydrogens is 326 g/mol. The Morgan fingerprint density at radius 1 is 1.44 bits per heavy atom. The van der Waals surface area contributed by atoms with E-state index in [1.807, 2.05) is 19.9 Å². The lowest BCUT2D eigenvalue weighted by molar-refractivity contribution is -0.142. The number of nitrogens with one attached hydrogen (secondary N) is 1. The predicted octanol–water partition coefficient (Wildman–Crippen LogP) is 2.05. The summed E-state index contributed by atoms with van der Waals surface area (Å²) in [4.78, 5) is 27.6. The second-order valence-corrected chi connectivity index (χ2v) is 6.47. The van der Waals surface area contributed by atoms with Crippen LogP contribution in [-0.4, -0.2) is 46.9 Å². The van der Waals surface area contributed by atoms with Gasteiger partial charge in [-0.2, -0.15) is 0 Å². The molecule has 0 saturated heterocycles. The topological polar surface area (TPSA) is 115 Å². The molecule has 0 aromatic carbocycles. The van der Waals surface area contributed by atoms with Crippen LogP contribution in [0.15, 0.2) is 10.6 Å². The van der Waals surface area contributed by atoms with Gasteiger partial charge in [-0.05, 0) is 24.8 Å². The lowest BCUT2D eigenvalue weighted by atomic mass is 10.0. The monoisotopic (exact) mass is 347 g/mol. The van der Waals surface area contributed by atoms with Gasteiger partial charge in [-0.1, -0.05) is 19.0 Å². The molecule has 2 N–H and O–H groups in total. The molecule has 0 aliphatic heterocycles. The van der Waals surface area contributed by atoms with E-state index in [1.54, 1.807) is 0 Å². The smallest absolute Gasteiger partial charge is 0.329 e. The largest absolute Gasteiger partial charge is 0.480 e. The van der Waals surface area contributed by atoms with E-state index in [1.165, 1.54) is 0 Å². The molecular formula is C17H21N3O5. The van der Waals surface area contributed by atoms with Crippen LogP contribution >= 0.6 is 0 Å². The summed E-state index contributed by atoms with van der Waals surface area (Å²) < 4.78 is 10.3. The number of carbonyl (C=O) groups excluding carboxylic acids is 1. The van der Waals surface area contributed by atoms with Crippen LogP contribution in [0.25, 0.3) is 11.1 Å². The lowest BCUT2D eigenvalue weighted by Crippen LogP contribution is -2.28. The van der Waals surface area contributed by atoms with E-state index in [4.69, 9.17) is 14.4 Å². The number of rotatable bonds is 8. The number of hydrogen-bond acceptors (Lipinski definition) is 6. The van der Waals surface area contributed by atoms with Crippen molar-refractivity contribution in [1.29, 1.82) is 0 Å². The molecule has 25 heavy (non-hydrogen) atoms. The van der Waals surface area contributed by atoms with Crippen molar-refractivity contribution in [2.75, 3.05) is 19.8 Å². The highest BCUT2D eigenvalue weighted by Crippen LogP contribution is 2.41. The van der Waals surface area contributed by atoms with Gasteiger partial charge in [-0.25, -0.2) is 9.78 Å². The number of carboxylic acids is 1. The zero-order valence-corrected chi connectivity index (χ0v) is 14.2. The van der Waals surface area contributed by atoms with Gasteiger partial charge in [0.25, 0.3) is 11.6 Å². The van der Waals surface area contributed by atoms with Crippen molar-refractivity contribution in [2.45, 2.75) is 38.5 Å². The fourth-order valence-corrected chi connectivity index (χ4v) is 2.65. The van der Waals surface area contributed by atoms with Crippen molar-refractivity contribution in [1.82, 2.24) is 15.5 Å². The van der Waals surface area contributed by atoms with Crippen LogP contribution in [0.5, 0.6) is 0 Å². The highest BCUT2D eigenvalue weighted by Gasteiger charge is 2.29. The summed E-state index contributed by atoms with van der Waals surface area (Å²) in [7, 11) is 0. The molecule has 1 aliphatic rings. The van der Waals surface area contributed by atoms with Crippen LogP contribution in [0.2, 0.25) is 0 Å². The molecule has 3 rings (SSSR count). The number of pyridine rings is 1. The summed E-state index contributed by atoms with van der Waals surface area (Å²) in [6.45, 7) is 3.92. The Bertz CT molecular complexity index is 795. The van der Waals surface area contributed by atoms with Gasteiger partial charge in [-0.15, -0.1) is 0 Å². The summed E-state index contributed by atoms with van der Waals surface area (Å²) in [6, 6.07) is 1.82. The standard InChI is InChI=1S/C17H21N3O5/c1-9(2)15-14-11(16(23)18-5-6-24-8-13(21)22)7-12(10-3-4-10)19-17(14)25-20-15/h7,9-10H,3-6,8H2,1-2H3,(H,18,23)(H,21,22). The van der Waals surface area contributed by atoms with Gasteiger partial charge < -0.3 is 19.7 Å². The molecule has 0 radical (unpaired) electrons. The molecule has 8 nitrogen and oxygen atoms in total. The minimum absolute atomic E-state index is 0.0975. The first-order valence-electron chi connectivity index (χ1n) is 8.35. The van der Waals surface area contributed by atoms with Crippen LogP contribution in [0.1, 0.15) is 60.3 Å². The van der Waals surface area contributed by atoms with Gasteiger partial charge in [0, 0.05) is 18.2 Å². The number of carboxylic acid groups (broad SMARTS) is 1. The first-order valence-corrected chi connectivity index (χ1v) is 8.35. The Hall–Kier alpha value is -2.48. The Morgan fingerprint density at radius 2 is 2.20 bits per heavy atom. The third kappa shape index (κ3) is 3.96. The second kappa shape index (κ2) is 7.18. The molecule has 0 bridgehead atoms. The van der Waals surface area contributed by atoms with E-state index in [0.717, 1.165) is 18.5 Å². The van der Waals surface area contributed by atoms with E-state index in [-0.39, 0.29) is 31.6 Å². The van der Waals surface area contributed by atoms with Crippen LogP contribution in [0.3, 0.4) is 0 Å². The number of ether oxygens (including phenoxy) is 1. The normalized spacial score (nSPS) is 14.2. The summed E-state index contributed by atoms with van der Waals surface area (Å²) in [5.41, 5.74) is 2.44. The Morgan fingerprint density at radius 3 is 2.84 bits per heavy atom. The van der Waals surface area contributed by atoms with Crippen LogP contribution < -0.4 is 5.32 Å². The second-order valence-electron chi connectivity index (χ2n) is 6.47. The van der Waals surface area contributed by atoms with E-state index in [9.17, 15) is 9.59 Å². The molecule has 8 heteroatoms. The summed E-state index contributed by atoms with van der Waals surface area (Å²) in [6.07, 6.45) is 2.13. The van der Waals surface area contributed by atoms with Gasteiger partial charge in [0.2, 0.25) is 0 Å². The van der Waals surface area contributed by atoms with Gasteiger partial charge in [0.15, 0.2) is 0 Å². The van der Waals surface area contributed by atoms with Gasteiger partial charge >= 0.3 is 5.97 Å². The lowest BCUT2D eigenvalue weighted by Gasteiger charge is -2.09. The highest BCUT2D eigenvalue weighted by molar-refractivity contribution is 6.06. The number of nitrogens with zero attached hydrogens (tertiary/aromatic N) is 2. The first-order chi connectivity index (χ1) is 12.0. The number of hydrogen-bond donors (Lipinski definition) is 2. The maximum Gasteiger partial charge on any atom is 0.329 e. The number of carbonyl (C=O) groups is 2. The maximum atomic E-state index is 12.6. The van der Waals surface area contributed by atoms with Crippen molar-refractivity contribution in [3.05, 3.63) is 23.0 Å². The van der Waals surface area contributed by atoms with Gasteiger partial charge in [-0.3, -0.25) is 4.79 Å². The zero-order chi connectivity index (χ0) is 18.0. The van der Waals surface area contributed by atoms with Gasteiger partial charge in [0.05, 0.1) is 23.3 Å². The quantitative estimate of drug-likeness (QED) is 0.702. The summed E-state index contributed by atoms with van der Waals surface area (Å²) in [5.74, 6) is -0.830. The first kappa shape index (κ1) is 17.3. The van der Waals surface area contributed by atoms with Gasteiger partial charge in [0.1, 0.15) is 6.61 Å². The molecule has 0 spiro atoms. The van der Waals surface area contributed by atoms with Crippen LogP contribution in [0, 0.1) is 0 Å². The molecule has 1 aliphatic carbocycles. The molecule has 2 heterocycles. The van der Waals surface area contributed by atoms with Crippen molar-refractivity contribution >= 4 is 23.0 Å². The van der Waals surface area contributed by atoms with Crippen molar-refractivity contribution in [2.24, 2.45) is 0 Å². The minimum Gasteiger partial charge on any atom is -0.480 e.